The number of benzene rings is 1. The second kappa shape index (κ2) is 5.10. The minimum Gasteiger partial charge on any atom is -0.313 e. The zero-order valence-corrected chi connectivity index (χ0v) is 10.8. The SMILES string of the molecule is CC(c1cc(Cl)ccc1C(F)(F)F)C1CCCN1. The van der Waals surface area contributed by atoms with Gasteiger partial charge >= 0.3 is 6.18 Å². The molecule has 2 unspecified atom stereocenters. The lowest BCUT2D eigenvalue weighted by atomic mass is 9.88. The average Bonchev–Trinajstić information content (AvgIpc) is 2.79. The predicted octanol–water partition coefficient (Wildman–Crippen LogP) is 4.21. The molecule has 1 aliphatic rings. The molecule has 1 N–H and O–H groups in total. The molecule has 1 aromatic rings. The van der Waals surface area contributed by atoms with E-state index in [1.807, 2.05) is 6.92 Å². The van der Waals surface area contributed by atoms with Gasteiger partial charge in [-0.2, -0.15) is 13.2 Å². The number of hydrogen-bond acceptors (Lipinski definition) is 1. The Labute approximate surface area is 109 Å². The van der Waals surface area contributed by atoms with Crippen molar-refractivity contribution < 1.29 is 13.2 Å². The molecule has 1 fully saturated rings. The van der Waals surface area contributed by atoms with Gasteiger partial charge in [0.05, 0.1) is 5.56 Å². The lowest BCUT2D eigenvalue weighted by Crippen LogP contribution is -2.28. The summed E-state index contributed by atoms with van der Waals surface area (Å²) in [5.41, 5.74) is -0.289. The van der Waals surface area contributed by atoms with Crippen LogP contribution >= 0.6 is 11.6 Å². The number of rotatable bonds is 2. The maximum Gasteiger partial charge on any atom is 0.416 e. The number of hydrogen-bond donors (Lipinski definition) is 1. The van der Waals surface area contributed by atoms with Crippen LogP contribution in [0.2, 0.25) is 5.02 Å². The van der Waals surface area contributed by atoms with Crippen molar-refractivity contribution in [3.05, 3.63) is 34.3 Å². The summed E-state index contributed by atoms with van der Waals surface area (Å²) in [7, 11) is 0. The molecule has 5 heteroatoms. The van der Waals surface area contributed by atoms with Gasteiger partial charge < -0.3 is 5.32 Å². The molecule has 100 valence electrons. The highest BCUT2D eigenvalue weighted by atomic mass is 35.5. The van der Waals surface area contributed by atoms with Crippen molar-refractivity contribution in [2.75, 3.05) is 6.54 Å². The van der Waals surface area contributed by atoms with Crippen molar-refractivity contribution in [3.63, 3.8) is 0 Å². The largest absolute Gasteiger partial charge is 0.416 e. The van der Waals surface area contributed by atoms with Crippen molar-refractivity contribution >= 4 is 11.6 Å². The summed E-state index contributed by atoms with van der Waals surface area (Å²) in [4.78, 5) is 0. The molecule has 0 saturated carbocycles. The van der Waals surface area contributed by atoms with Crippen molar-refractivity contribution in [1.29, 1.82) is 0 Å². The van der Waals surface area contributed by atoms with Gasteiger partial charge in [0.15, 0.2) is 0 Å². The molecule has 0 aromatic heterocycles. The van der Waals surface area contributed by atoms with Crippen LogP contribution in [0.1, 0.15) is 36.8 Å². The van der Waals surface area contributed by atoms with E-state index in [1.165, 1.54) is 12.1 Å². The molecule has 0 bridgehead atoms. The van der Waals surface area contributed by atoms with Crippen LogP contribution in [0, 0.1) is 0 Å². The first kappa shape index (κ1) is 13.7. The van der Waals surface area contributed by atoms with Crippen LogP contribution in [-0.4, -0.2) is 12.6 Å². The summed E-state index contributed by atoms with van der Waals surface area (Å²) in [6, 6.07) is 3.91. The highest BCUT2D eigenvalue weighted by Crippen LogP contribution is 2.38. The Morgan fingerprint density at radius 1 is 1.39 bits per heavy atom. The highest BCUT2D eigenvalue weighted by Gasteiger charge is 2.36. The fourth-order valence-electron chi connectivity index (χ4n) is 2.52. The highest BCUT2D eigenvalue weighted by molar-refractivity contribution is 6.30. The predicted molar refractivity (Wildman–Crippen MR) is 65.9 cm³/mol. The van der Waals surface area contributed by atoms with E-state index in [0.29, 0.717) is 5.02 Å². The molecule has 1 saturated heterocycles. The van der Waals surface area contributed by atoms with E-state index in [9.17, 15) is 13.2 Å². The van der Waals surface area contributed by atoms with E-state index in [2.05, 4.69) is 5.32 Å². The molecular formula is C13H15ClF3N. The minimum atomic E-state index is -4.33. The van der Waals surface area contributed by atoms with Gasteiger partial charge in [-0.05, 0) is 49.1 Å². The van der Waals surface area contributed by atoms with Crippen LogP contribution < -0.4 is 5.32 Å². The van der Waals surface area contributed by atoms with Gasteiger partial charge in [-0.3, -0.25) is 0 Å². The van der Waals surface area contributed by atoms with Crippen LogP contribution in [0.4, 0.5) is 13.2 Å². The average molecular weight is 278 g/mol. The normalized spacial score (nSPS) is 22.2. The Bertz CT molecular complexity index is 425. The Morgan fingerprint density at radius 3 is 2.67 bits per heavy atom. The summed E-state index contributed by atoms with van der Waals surface area (Å²) in [5.74, 6) is -0.192. The number of nitrogens with one attached hydrogen (secondary N) is 1. The maximum atomic E-state index is 13.0. The summed E-state index contributed by atoms with van der Waals surface area (Å²) in [5, 5.41) is 3.59. The maximum absolute atomic E-state index is 13.0. The molecule has 2 rings (SSSR count). The minimum absolute atomic E-state index is 0.101. The third-order valence-electron chi connectivity index (χ3n) is 3.51. The van der Waals surface area contributed by atoms with E-state index in [0.717, 1.165) is 25.5 Å². The van der Waals surface area contributed by atoms with Crippen LogP contribution in [0.15, 0.2) is 18.2 Å². The standard InChI is InChI=1S/C13H15ClF3N/c1-8(12-3-2-6-18-12)10-7-9(14)4-5-11(10)13(15,16)17/h4-5,7-8,12,18H,2-3,6H2,1H3. The molecular weight excluding hydrogens is 263 g/mol. The second-order valence-electron chi connectivity index (χ2n) is 4.72. The molecule has 0 radical (unpaired) electrons. The van der Waals surface area contributed by atoms with Crippen LogP contribution in [0.3, 0.4) is 0 Å². The first-order valence-corrected chi connectivity index (χ1v) is 6.37. The second-order valence-corrected chi connectivity index (χ2v) is 5.16. The lowest BCUT2D eigenvalue weighted by molar-refractivity contribution is -0.138. The Kier molecular flexibility index (Phi) is 3.87. The van der Waals surface area contributed by atoms with Gasteiger partial charge in [0.1, 0.15) is 0 Å². The number of alkyl halides is 3. The van der Waals surface area contributed by atoms with Crippen molar-refractivity contribution in [2.24, 2.45) is 0 Å². The van der Waals surface area contributed by atoms with Crippen molar-refractivity contribution in [3.8, 4) is 0 Å². The first-order chi connectivity index (χ1) is 8.39. The van der Waals surface area contributed by atoms with Crippen LogP contribution in [0.25, 0.3) is 0 Å². The Hall–Kier alpha value is -0.740. The van der Waals surface area contributed by atoms with Gasteiger partial charge in [0, 0.05) is 11.1 Å². The van der Waals surface area contributed by atoms with Gasteiger partial charge in [-0.25, -0.2) is 0 Å². The van der Waals surface area contributed by atoms with Gasteiger partial charge in [0.2, 0.25) is 0 Å². The molecule has 0 amide bonds. The Morgan fingerprint density at radius 2 is 2.11 bits per heavy atom. The third-order valence-corrected chi connectivity index (χ3v) is 3.75. The molecule has 0 spiro atoms. The molecule has 1 heterocycles. The summed E-state index contributed by atoms with van der Waals surface area (Å²) in [6.45, 7) is 2.70. The van der Waals surface area contributed by atoms with Crippen molar-refractivity contribution in [2.45, 2.75) is 37.9 Å². The van der Waals surface area contributed by atoms with Crippen LogP contribution in [-0.2, 0) is 6.18 Å². The summed E-state index contributed by atoms with van der Waals surface area (Å²) < 4.78 is 38.9. The molecule has 1 aliphatic heterocycles. The fraction of sp³-hybridized carbons (Fsp3) is 0.538. The van der Waals surface area contributed by atoms with E-state index in [4.69, 9.17) is 11.6 Å². The van der Waals surface area contributed by atoms with E-state index >= 15 is 0 Å². The Balaban J connectivity index is 2.38. The van der Waals surface area contributed by atoms with E-state index < -0.39 is 11.7 Å². The quantitative estimate of drug-likeness (QED) is 0.854. The third kappa shape index (κ3) is 2.81. The first-order valence-electron chi connectivity index (χ1n) is 5.99. The molecule has 2 atom stereocenters. The molecule has 1 nitrogen and oxygen atoms in total. The lowest BCUT2D eigenvalue weighted by Gasteiger charge is -2.23. The summed E-state index contributed by atoms with van der Waals surface area (Å²) >= 11 is 5.83. The van der Waals surface area contributed by atoms with E-state index in [-0.39, 0.29) is 17.5 Å². The zero-order valence-electron chi connectivity index (χ0n) is 10.0. The molecule has 1 aromatic carbocycles. The van der Waals surface area contributed by atoms with Gasteiger partial charge in [-0.1, -0.05) is 18.5 Å². The van der Waals surface area contributed by atoms with Crippen LogP contribution in [0.5, 0.6) is 0 Å². The number of halogens is 4. The molecule has 18 heavy (non-hydrogen) atoms. The topological polar surface area (TPSA) is 12.0 Å². The molecule has 0 aliphatic carbocycles. The summed E-state index contributed by atoms with van der Waals surface area (Å²) in [6.07, 6.45) is -2.41. The van der Waals surface area contributed by atoms with E-state index in [1.54, 1.807) is 0 Å². The van der Waals surface area contributed by atoms with Gasteiger partial charge in [-0.15, -0.1) is 0 Å². The fourth-order valence-corrected chi connectivity index (χ4v) is 2.70. The smallest absolute Gasteiger partial charge is 0.313 e. The van der Waals surface area contributed by atoms with Crippen molar-refractivity contribution in [1.82, 2.24) is 5.32 Å². The van der Waals surface area contributed by atoms with Gasteiger partial charge in [0.25, 0.3) is 0 Å². The monoisotopic (exact) mass is 277 g/mol. The zero-order chi connectivity index (χ0) is 13.3.